The molecule has 1 atom stereocenters. The lowest BCUT2D eigenvalue weighted by Crippen LogP contribution is -2.55. The van der Waals surface area contributed by atoms with Crippen LogP contribution in [0.1, 0.15) is 56.4 Å². The Morgan fingerprint density at radius 3 is 2.03 bits per heavy atom. The molecule has 0 aliphatic heterocycles. The maximum Gasteiger partial charge on any atom is 0.304 e. The molecule has 1 unspecified atom stereocenters. The Balaban J connectivity index is 2.57. The Kier molecular flexibility index (Phi) is 9.91. The van der Waals surface area contributed by atoms with E-state index in [9.17, 15) is 18.0 Å². The Morgan fingerprint density at radius 2 is 1.51 bits per heavy atom. The number of amides is 2. The Morgan fingerprint density at radius 1 is 0.946 bits per heavy atom. The number of hydrogen-bond donors (Lipinski definition) is 1. The van der Waals surface area contributed by atoms with Crippen molar-refractivity contribution in [3.8, 4) is 0 Å². The predicted octanol–water partition coefficient (Wildman–Crippen LogP) is 3.95. The van der Waals surface area contributed by atoms with E-state index in [1.165, 1.54) is 19.0 Å². The second kappa shape index (κ2) is 12.1. The van der Waals surface area contributed by atoms with Crippen molar-refractivity contribution >= 4 is 27.7 Å². The highest BCUT2D eigenvalue weighted by Gasteiger charge is 2.35. The minimum absolute atomic E-state index is 0.178. The number of nitrogens with zero attached hydrogens (tertiary/aromatic N) is 3. The molecule has 8 nitrogen and oxygen atoms in total. The van der Waals surface area contributed by atoms with Crippen LogP contribution in [0.3, 0.4) is 0 Å². The molecule has 0 aliphatic carbocycles. The molecule has 9 heteroatoms. The summed E-state index contributed by atoms with van der Waals surface area (Å²) in [6, 6.07) is 12.5. The molecule has 0 aliphatic rings. The van der Waals surface area contributed by atoms with Gasteiger partial charge in [-0.2, -0.15) is 12.7 Å². The van der Waals surface area contributed by atoms with E-state index in [0.717, 1.165) is 30.9 Å². The number of carbonyl (C=O) groups is 2. The Hall–Kier alpha value is -2.91. The average molecular weight is 531 g/mol. The summed E-state index contributed by atoms with van der Waals surface area (Å²) < 4.78 is 29.0. The van der Waals surface area contributed by atoms with Gasteiger partial charge in [0.15, 0.2) is 0 Å². The van der Waals surface area contributed by atoms with Gasteiger partial charge in [-0.25, -0.2) is 4.31 Å². The fourth-order valence-electron chi connectivity index (χ4n) is 3.95. The summed E-state index contributed by atoms with van der Waals surface area (Å²) in [4.78, 5) is 28.7. The molecule has 2 rings (SSSR count). The first-order valence-electron chi connectivity index (χ1n) is 12.5. The van der Waals surface area contributed by atoms with Crippen LogP contribution in [0.4, 0.5) is 5.69 Å². The van der Waals surface area contributed by atoms with E-state index >= 15 is 0 Å². The smallest absolute Gasteiger partial charge is 0.304 e. The number of rotatable bonds is 10. The first-order valence-corrected chi connectivity index (χ1v) is 13.9. The predicted molar refractivity (Wildman–Crippen MR) is 150 cm³/mol. The van der Waals surface area contributed by atoms with Crippen molar-refractivity contribution < 1.29 is 18.0 Å². The maximum absolute atomic E-state index is 14.0. The first kappa shape index (κ1) is 30.3. The van der Waals surface area contributed by atoms with Crippen LogP contribution in [-0.2, 0) is 26.3 Å². The van der Waals surface area contributed by atoms with Crippen LogP contribution < -0.4 is 9.62 Å². The highest BCUT2D eigenvalue weighted by Crippen LogP contribution is 2.26. The third kappa shape index (κ3) is 8.04. The lowest BCUT2D eigenvalue weighted by atomic mass is 10.1. The SMILES string of the molecule is CCC(C(=O)NC(C)(C)C)N(Cc1ccc(C)cc1)C(=O)CN(c1cc(C)ccc1C)S(=O)(=O)N(C)C. The molecule has 0 bridgehead atoms. The van der Waals surface area contributed by atoms with E-state index in [2.05, 4.69) is 5.32 Å². The molecule has 0 heterocycles. The fourth-order valence-corrected chi connectivity index (χ4v) is 5.07. The molecular formula is C28H42N4O4S. The summed E-state index contributed by atoms with van der Waals surface area (Å²) in [7, 11) is -1.12. The van der Waals surface area contributed by atoms with Gasteiger partial charge in [-0.15, -0.1) is 0 Å². The van der Waals surface area contributed by atoms with Crippen LogP contribution >= 0.6 is 0 Å². The zero-order chi connectivity index (χ0) is 28.1. The van der Waals surface area contributed by atoms with Crippen LogP contribution in [0.15, 0.2) is 42.5 Å². The van der Waals surface area contributed by atoms with Gasteiger partial charge in [-0.3, -0.25) is 9.59 Å². The van der Waals surface area contributed by atoms with Crippen molar-refractivity contribution in [3.63, 3.8) is 0 Å². The van der Waals surface area contributed by atoms with Gasteiger partial charge in [0.2, 0.25) is 11.8 Å². The van der Waals surface area contributed by atoms with Gasteiger partial charge in [-0.05, 0) is 70.7 Å². The highest BCUT2D eigenvalue weighted by atomic mass is 32.2. The van der Waals surface area contributed by atoms with Gasteiger partial charge in [-0.1, -0.05) is 48.9 Å². The van der Waals surface area contributed by atoms with E-state index in [1.54, 1.807) is 6.07 Å². The topological polar surface area (TPSA) is 90.0 Å². The largest absolute Gasteiger partial charge is 0.350 e. The summed E-state index contributed by atoms with van der Waals surface area (Å²) in [5.74, 6) is -0.730. The van der Waals surface area contributed by atoms with Crippen molar-refractivity contribution in [2.75, 3.05) is 24.9 Å². The van der Waals surface area contributed by atoms with Gasteiger partial charge in [0.05, 0.1) is 5.69 Å². The summed E-state index contributed by atoms with van der Waals surface area (Å²) in [6.45, 7) is 12.9. The van der Waals surface area contributed by atoms with Crippen molar-refractivity contribution in [3.05, 3.63) is 64.7 Å². The van der Waals surface area contributed by atoms with Crippen LogP contribution in [0.2, 0.25) is 0 Å². The number of benzene rings is 2. The highest BCUT2D eigenvalue weighted by molar-refractivity contribution is 7.90. The van der Waals surface area contributed by atoms with Gasteiger partial charge in [0, 0.05) is 26.2 Å². The molecule has 0 fully saturated rings. The van der Waals surface area contributed by atoms with Gasteiger partial charge >= 0.3 is 10.2 Å². The minimum Gasteiger partial charge on any atom is -0.350 e. The van der Waals surface area contributed by atoms with Crippen LogP contribution in [0, 0.1) is 20.8 Å². The molecule has 0 radical (unpaired) electrons. The second-order valence-electron chi connectivity index (χ2n) is 10.8. The summed E-state index contributed by atoms with van der Waals surface area (Å²) in [5, 5.41) is 2.98. The lowest BCUT2D eigenvalue weighted by Gasteiger charge is -2.35. The fraction of sp³-hybridized carbons (Fsp3) is 0.500. The molecule has 0 spiro atoms. The molecule has 2 aromatic rings. The molecule has 2 amide bonds. The van der Waals surface area contributed by atoms with E-state index in [4.69, 9.17) is 0 Å². The number of aryl methyl sites for hydroxylation is 3. The van der Waals surface area contributed by atoms with Crippen molar-refractivity contribution in [1.29, 1.82) is 0 Å². The molecule has 37 heavy (non-hydrogen) atoms. The Labute approximate surface area is 222 Å². The van der Waals surface area contributed by atoms with E-state index in [-0.39, 0.29) is 12.5 Å². The molecule has 2 aromatic carbocycles. The standard InChI is InChI=1S/C28H42N4O4S/c1-10-24(27(34)29-28(5,6)7)31(18-23-15-12-20(2)13-16-23)26(33)19-32(37(35,36)30(8)9)25-17-21(3)11-14-22(25)4/h11-17,24H,10,18-19H2,1-9H3,(H,29,34). The van der Waals surface area contributed by atoms with Crippen LogP contribution in [0.5, 0.6) is 0 Å². The zero-order valence-electron chi connectivity index (χ0n) is 23.6. The van der Waals surface area contributed by atoms with Crippen molar-refractivity contribution in [2.24, 2.45) is 0 Å². The zero-order valence-corrected chi connectivity index (χ0v) is 24.4. The minimum atomic E-state index is -4.00. The summed E-state index contributed by atoms with van der Waals surface area (Å²) in [5.41, 5.74) is 3.49. The molecule has 0 saturated heterocycles. The Bertz CT molecular complexity index is 1200. The molecule has 1 N–H and O–H groups in total. The normalized spacial score (nSPS) is 12.8. The second-order valence-corrected chi connectivity index (χ2v) is 12.8. The third-order valence-corrected chi connectivity index (χ3v) is 7.82. The van der Waals surface area contributed by atoms with Crippen molar-refractivity contribution in [1.82, 2.24) is 14.5 Å². The average Bonchev–Trinajstić information content (AvgIpc) is 2.78. The van der Waals surface area contributed by atoms with E-state index < -0.39 is 34.2 Å². The maximum atomic E-state index is 14.0. The van der Waals surface area contributed by atoms with E-state index in [0.29, 0.717) is 12.1 Å². The third-order valence-electron chi connectivity index (χ3n) is 6.01. The number of hydrogen-bond acceptors (Lipinski definition) is 4. The lowest BCUT2D eigenvalue weighted by molar-refractivity contribution is -0.141. The number of anilines is 1. The molecule has 0 aromatic heterocycles. The molecule has 204 valence electrons. The number of nitrogens with one attached hydrogen (secondary N) is 1. The molecule has 0 saturated carbocycles. The van der Waals surface area contributed by atoms with Gasteiger partial charge < -0.3 is 10.2 Å². The number of carbonyl (C=O) groups excluding carboxylic acids is 2. The summed E-state index contributed by atoms with van der Waals surface area (Å²) in [6.07, 6.45) is 0.378. The van der Waals surface area contributed by atoms with Crippen LogP contribution in [-0.4, -0.2) is 61.7 Å². The first-order chi connectivity index (χ1) is 17.1. The monoisotopic (exact) mass is 530 g/mol. The van der Waals surface area contributed by atoms with Crippen LogP contribution in [0.25, 0.3) is 0 Å². The van der Waals surface area contributed by atoms with Gasteiger partial charge in [0.1, 0.15) is 12.6 Å². The molecular weight excluding hydrogens is 488 g/mol. The summed E-state index contributed by atoms with van der Waals surface area (Å²) >= 11 is 0. The van der Waals surface area contributed by atoms with Gasteiger partial charge in [0.25, 0.3) is 0 Å². The van der Waals surface area contributed by atoms with E-state index in [1.807, 2.05) is 84.9 Å². The quantitative estimate of drug-likeness (QED) is 0.504. The van der Waals surface area contributed by atoms with Crippen molar-refractivity contribution in [2.45, 2.75) is 73.0 Å².